The number of nitriles is 1. The van der Waals surface area contributed by atoms with E-state index in [1.807, 2.05) is 44.2 Å². The normalized spacial score (nSPS) is 20.6. The average molecular weight is 845 g/mol. The molecular weight excluding hydrogens is 798 g/mol. The number of anilines is 4. The minimum absolute atomic E-state index is 0.0179. The van der Waals surface area contributed by atoms with E-state index < -0.39 is 40.3 Å². The second-order valence-corrected chi connectivity index (χ2v) is 16.8. The van der Waals surface area contributed by atoms with Crippen molar-refractivity contribution in [3.05, 3.63) is 77.4 Å². The molecule has 3 saturated heterocycles. The molecule has 3 aromatic rings. The van der Waals surface area contributed by atoms with Crippen molar-refractivity contribution in [3.8, 4) is 11.8 Å². The number of ether oxygens (including phenoxy) is 1. The molecule has 4 aliphatic rings. The molecule has 13 nitrogen and oxygen atoms in total. The van der Waals surface area contributed by atoms with Crippen molar-refractivity contribution < 1.29 is 37.1 Å². The number of piperazine rings is 1. The number of benzene rings is 3. The van der Waals surface area contributed by atoms with E-state index in [1.165, 1.54) is 6.07 Å². The van der Waals surface area contributed by atoms with Gasteiger partial charge in [0.2, 0.25) is 17.7 Å². The van der Waals surface area contributed by atoms with Crippen molar-refractivity contribution in [2.45, 2.75) is 82.6 Å². The highest BCUT2D eigenvalue weighted by Crippen LogP contribution is 2.44. The summed E-state index contributed by atoms with van der Waals surface area (Å²) in [6, 6.07) is 16.9. The fourth-order valence-electron chi connectivity index (χ4n) is 8.17. The lowest BCUT2D eigenvalue weighted by atomic mass is 9.98. The summed E-state index contributed by atoms with van der Waals surface area (Å²) in [6.07, 6.45) is -2.60. The second kappa shape index (κ2) is 16.5. The van der Waals surface area contributed by atoms with Gasteiger partial charge in [0, 0.05) is 56.2 Å². The van der Waals surface area contributed by atoms with Gasteiger partial charge in [-0.2, -0.15) is 18.4 Å². The molecule has 60 heavy (non-hydrogen) atoms. The third-order valence-electron chi connectivity index (χ3n) is 11.7. The highest BCUT2D eigenvalue weighted by atomic mass is 32.1. The Hall–Kier alpha value is -5.57. The molecule has 0 aromatic heterocycles. The number of halogens is 3. The number of amides is 4. The molecule has 3 aromatic carbocycles. The Morgan fingerprint density at radius 2 is 1.70 bits per heavy atom. The van der Waals surface area contributed by atoms with Gasteiger partial charge in [-0.25, -0.2) is 0 Å². The lowest BCUT2D eigenvalue weighted by Crippen LogP contribution is -2.55. The molecule has 0 radical (unpaired) electrons. The number of rotatable bonds is 12. The van der Waals surface area contributed by atoms with Crippen LogP contribution < -0.4 is 30.5 Å². The van der Waals surface area contributed by atoms with Gasteiger partial charge < -0.3 is 20.3 Å². The van der Waals surface area contributed by atoms with Gasteiger partial charge in [0.1, 0.15) is 29.5 Å². The van der Waals surface area contributed by atoms with Crippen molar-refractivity contribution in [2.75, 3.05) is 59.8 Å². The number of carbonyl (C=O) groups excluding carboxylic acids is 4. The van der Waals surface area contributed by atoms with Crippen LogP contribution in [0.2, 0.25) is 0 Å². The molecule has 0 bridgehead atoms. The molecular formula is C43H47F3N8O5S. The van der Waals surface area contributed by atoms with Gasteiger partial charge in [0.25, 0.3) is 5.91 Å². The van der Waals surface area contributed by atoms with E-state index in [0.717, 1.165) is 61.6 Å². The quantitative estimate of drug-likeness (QED) is 0.146. The summed E-state index contributed by atoms with van der Waals surface area (Å²) in [5, 5.41) is 17.9. The molecule has 17 heteroatoms. The Balaban J connectivity index is 0.941. The van der Waals surface area contributed by atoms with Gasteiger partial charge in [-0.3, -0.25) is 39.2 Å². The Morgan fingerprint density at radius 3 is 2.35 bits per heavy atom. The highest BCUT2D eigenvalue weighted by Gasteiger charge is 2.55. The molecule has 1 unspecified atom stereocenters. The smallest absolute Gasteiger partial charge is 0.417 e. The van der Waals surface area contributed by atoms with E-state index in [0.29, 0.717) is 42.4 Å². The molecule has 1 saturated carbocycles. The summed E-state index contributed by atoms with van der Waals surface area (Å²) in [6.45, 7) is 11.4. The van der Waals surface area contributed by atoms with Crippen molar-refractivity contribution in [1.29, 1.82) is 5.26 Å². The van der Waals surface area contributed by atoms with Crippen molar-refractivity contribution in [1.82, 2.24) is 15.1 Å². The number of nitrogens with zero attached hydrogens (tertiary/aromatic N) is 5. The third-order valence-corrected chi connectivity index (χ3v) is 12.1. The SMILES string of the molecule is CC(C)c1cc(N2C(=S)N(c3ccc(C#N)c(C(F)(F)F)c3)C(=O)C2(C)C)ccc1OCCN1CCN(C2(C(=O)Nc3cccc(NC4CCC(=O)NC4=O)c3)CC2)CC1. The van der Waals surface area contributed by atoms with Gasteiger partial charge in [-0.15, -0.1) is 0 Å². The predicted octanol–water partition coefficient (Wildman–Crippen LogP) is 6.00. The van der Waals surface area contributed by atoms with E-state index in [-0.39, 0.29) is 40.9 Å². The van der Waals surface area contributed by atoms with Gasteiger partial charge in [-0.1, -0.05) is 19.9 Å². The van der Waals surface area contributed by atoms with E-state index in [9.17, 15) is 37.6 Å². The fraction of sp³-hybridized carbons (Fsp3) is 0.442. The first-order valence-corrected chi connectivity index (χ1v) is 20.4. The highest BCUT2D eigenvalue weighted by molar-refractivity contribution is 7.81. The van der Waals surface area contributed by atoms with Crippen LogP contribution in [0.25, 0.3) is 0 Å². The minimum Gasteiger partial charge on any atom is -0.492 e. The summed E-state index contributed by atoms with van der Waals surface area (Å²) in [5.74, 6) is -0.506. The molecule has 1 atom stereocenters. The Labute approximate surface area is 351 Å². The zero-order valence-corrected chi connectivity index (χ0v) is 34.6. The number of hydrogen-bond acceptors (Lipinski definition) is 10. The molecule has 3 heterocycles. The molecule has 4 fully saturated rings. The number of imide groups is 1. The molecule has 4 amide bonds. The molecule has 0 spiro atoms. The summed E-state index contributed by atoms with van der Waals surface area (Å²) in [4.78, 5) is 58.4. The Morgan fingerprint density at radius 1 is 1.00 bits per heavy atom. The predicted molar refractivity (Wildman–Crippen MR) is 224 cm³/mol. The largest absolute Gasteiger partial charge is 0.492 e. The molecule has 7 rings (SSSR count). The van der Waals surface area contributed by atoms with Crippen LogP contribution in [-0.4, -0.2) is 95.0 Å². The van der Waals surface area contributed by atoms with Crippen LogP contribution >= 0.6 is 12.2 Å². The first kappa shape index (κ1) is 42.6. The van der Waals surface area contributed by atoms with Crippen molar-refractivity contribution >= 4 is 63.7 Å². The number of thiocarbonyl (C=S) groups is 1. The lowest BCUT2D eigenvalue weighted by Gasteiger charge is -2.39. The van der Waals surface area contributed by atoms with E-state index in [2.05, 4.69) is 25.8 Å². The van der Waals surface area contributed by atoms with E-state index in [4.69, 9.17) is 17.0 Å². The van der Waals surface area contributed by atoms with Gasteiger partial charge in [0.15, 0.2) is 5.11 Å². The summed E-state index contributed by atoms with van der Waals surface area (Å²) in [5.41, 5.74) is -0.790. The van der Waals surface area contributed by atoms with Crippen LogP contribution in [0.3, 0.4) is 0 Å². The summed E-state index contributed by atoms with van der Waals surface area (Å²) >= 11 is 5.75. The van der Waals surface area contributed by atoms with E-state index in [1.54, 1.807) is 36.9 Å². The Kier molecular flexibility index (Phi) is 11.7. The number of nitrogens with one attached hydrogen (secondary N) is 3. The lowest BCUT2D eigenvalue weighted by molar-refractivity contribution is -0.138. The number of piperidine rings is 1. The van der Waals surface area contributed by atoms with Crippen LogP contribution in [0, 0.1) is 11.3 Å². The van der Waals surface area contributed by atoms with Crippen molar-refractivity contribution in [2.24, 2.45) is 0 Å². The van der Waals surface area contributed by atoms with Crippen LogP contribution in [-0.2, 0) is 25.4 Å². The van der Waals surface area contributed by atoms with Crippen LogP contribution in [0.5, 0.6) is 5.75 Å². The molecule has 3 aliphatic heterocycles. The van der Waals surface area contributed by atoms with Gasteiger partial charge >= 0.3 is 6.18 Å². The molecule has 1 aliphatic carbocycles. The monoisotopic (exact) mass is 844 g/mol. The van der Waals surface area contributed by atoms with Crippen LogP contribution in [0.1, 0.15) is 76.0 Å². The first-order valence-electron chi connectivity index (χ1n) is 20.0. The maximum Gasteiger partial charge on any atom is 0.417 e. The minimum atomic E-state index is -4.80. The zero-order chi connectivity index (χ0) is 43.1. The van der Waals surface area contributed by atoms with E-state index >= 15 is 0 Å². The molecule has 3 N–H and O–H groups in total. The third kappa shape index (κ3) is 8.41. The second-order valence-electron chi connectivity index (χ2n) is 16.4. The number of hydrogen-bond donors (Lipinski definition) is 3. The van der Waals surface area contributed by atoms with Gasteiger partial charge in [0.05, 0.1) is 22.9 Å². The number of carbonyl (C=O) groups is 4. The summed E-state index contributed by atoms with van der Waals surface area (Å²) < 4.78 is 47.8. The van der Waals surface area contributed by atoms with Crippen LogP contribution in [0.4, 0.5) is 35.9 Å². The summed E-state index contributed by atoms with van der Waals surface area (Å²) in [7, 11) is 0. The maximum absolute atomic E-state index is 13.8. The topological polar surface area (TPSA) is 150 Å². The van der Waals surface area contributed by atoms with Crippen LogP contribution in [0.15, 0.2) is 60.7 Å². The molecule has 316 valence electrons. The maximum atomic E-state index is 13.8. The first-order chi connectivity index (χ1) is 28.4. The average Bonchev–Trinajstić information content (AvgIpc) is 3.99. The number of alkyl halides is 3. The fourth-order valence-corrected chi connectivity index (χ4v) is 8.70. The Bertz CT molecular complexity index is 2260. The van der Waals surface area contributed by atoms with Crippen molar-refractivity contribution in [3.63, 3.8) is 0 Å². The zero-order valence-electron chi connectivity index (χ0n) is 33.8. The standard InChI is InChI=1S/C43H47F3N8O5S/c1-26(2)32-23-31(54-40(60)53(39(58)41(54,3)4)30-9-8-27(25-47)33(24-30)43(44,45)46)10-12-35(32)59-21-20-51-16-18-52(19-17-51)42(14-15-42)38(57)49-29-7-5-6-28(22-29)48-34-11-13-36(55)50-37(34)56/h5-10,12,22-24,26,34,48H,11,13-21H2,1-4H3,(H,49,57)(H,50,55,56). The van der Waals surface area contributed by atoms with Gasteiger partial charge in [-0.05, 0) is 111 Å².